The largest absolute Gasteiger partial charge is 0.478 e. The van der Waals surface area contributed by atoms with E-state index in [1.807, 2.05) is 0 Å². The quantitative estimate of drug-likeness (QED) is 0.519. The molecule has 146 valence electrons. The molecule has 6 N–H and O–H groups in total. The van der Waals surface area contributed by atoms with Crippen LogP contribution in [0.5, 0.6) is 0 Å². The molecule has 8 nitrogen and oxygen atoms in total. The van der Waals surface area contributed by atoms with Crippen molar-refractivity contribution in [1.29, 1.82) is 0 Å². The van der Waals surface area contributed by atoms with Gasteiger partial charge in [0.05, 0.1) is 11.1 Å². The smallest absolute Gasteiger partial charge is 0.335 e. The number of carbonyl (C=O) groups is 2. The Bertz CT molecular complexity index is 494. The molecule has 26 heavy (non-hydrogen) atoms. The van der Waals surface area contributed by atoms with Crippen molar-refractivity contribution in [3.63, 3.8) is 0 Å². The Morgan fingerprint density at radius 2 is 1.08 bits per heavy atom. The number of hydrogen-bond donors (Lipinski definition) is 4. The molecule has 2 rings (SSSR count). The van der Waals surface area contributed by atoms with E-state index in [-0.39, 0.29) is 11.1 Å². The lowest BCUT2D eigenvalue weighted by molar-refractivity contribution is 0.0681. The first kappa shape index (κ1) is 22.0. The molecule has 1 saturated heterocycles. The number of rotatable bonds is 8. The predicted octanol–water partition coefficient (Wildman–Crippen LogP) is 0.385. The summed E-state index contributed by atoms with van der Waals surface area (Å²) in [7, 11) is 0. The first-order valence-corrected chi connectivity index (χ1v) is 8.89. The van der Waals surface area contributed by atoms with Crippen LogP contribution in [0.3, 0.4) is 0 Å². The molecule has 1 fully saturated rings. The van der Waals surface area contributed by atoms with Crippen LogP contribution in [-0.4, -0.2) is 84.3 Å². The van der Waals surface area contributed by atoms with E-state index in [1.165, 1.54) is 63.5 Å². The third-order valence-corrected chi connectivity index (χ3v) is 4.20. The highest BCUT2D eigenvalue weighted by Crippen LogP contribution is 2.04. The summed E-state index contributed by atoms with van der Waals surface area (Å²) in [4.78, 5) is 25.7. The maximum absolute atomic E-state index is 10.3. The number of nitrogens with zero attached hydrogens (tertiary/aromatic N) is 2. The minimum Gasteiger partial charge on any atom is -0.478 e. The summed E-state index contributed by atoms with van der Waals surface area (Å²) in [6, 6.07) is 5.02. The van der Waals surface area contributed by atoms with Gasteiger partial charge in [-0.25, -0.2) is 9.59 Å². The van der Waals surface area contributed by atoms with Crippen molar-refractivity contribution in [2.75, 3.05) is 52.4 Å². The topological polar surface area (TPSA) is 133 Å². The number of aromatic carboxylic acids is 2. The second-order valence-electron chi connectivity index (χ2n) is 6.16. The van der Waals surface area contributed by atoms with Crippen LogP contribution < -0.4 is 11.5 Å². The number of piperazine rings is 1. The predicted molar refractivity (Wildman–Crippen MR) is 101 cm³/mol. The molecule has 0 amide bonds. The SMILES string of the molecule is NCCCN1CCN(CCCN)CC1.O=C(O)c1ccc(C(=O)O)cc1. The molecule has 1 heterocycles. The van der Waals surface area contributed by atoms with Gasteiger partial charge in [0, 0.05) is 26.2 Å². The van der Waals surface area contributed by atoms with Crippen LogP contribution >= 0.6 is 0 Å². The Morgan fingerprint density at radius 3 is 1.31 bits per heavy atom. The van der Waals surface area contributed by atoms with Crippen LogP contribution in [0.1, 0.15) is 33.6 Å². The average Bonchev–Trinajstić information content (AvgIpc) is 2.66. The van der Waals surface area contributed by atoms with E-state index in [0.717, 1.165) is 25.9 Å². The van der Waals surface area contributed by atoms with Gasteiger partial charge in [-0.3, -0.25) is 0 Å². The summed E-state index contributed by atoms with van der Waals surface area (Å²) < 4.78 is 0. The molecule has 0 aromatic heterocycles. The molecule has 0 spiro atoms. The number of benzene rings is 1. The monoisotopic (exact) mass is 366 g/mol. The standard InChI is InChI=1S/C10H24N4.C8H6O4/c11-3-1-5-13-7-9-14(10-8-13)6-2-4-12;9-7(10)5-1-2-6(4-3-5)8(11)12/h1-12H2;1-4H,(H,9,10)(H,11,12). The molecule has 0 unspecified atom stereocenters. The fraction of sp³-hybridized carbons (Fsp3) is 0.556. The number of nitrogens with two attached hydrogens (primary N) is 2. The normalized spacial score (nSPS) is 15.2. The Labute approximate surface area is 154 Å². The van der Waals surface area contributed by atoms with Gasteiger partial charge in [-0.05, 0) is 63.3 Å². The third kappa shape index (κ3) is 8.39. The van der Waals surface area contributed by atoms with E-state index >= 15 is 0 Å². The summed E-state index contributed by atoms with van der Waals surface area (Å²) in [6.45, 7) is 8.76. The van der Waals surface area contributed by atoms with E-state index in [0.29, 0.717) is 0 Å². The average molecular weight is 366 g/mol. The van der Waals surface area contributed by atoms with Crippen molar-refractivity contribution in [1.82, 2.24) is 9.80 Å². The first-order chi connectivity index (χ1) is 12.5. The van der Waals surface area contributed by atoms with Crippen LogP contribution in [0, 0.1) is 0 Å². The molecular weight excluding hydrogens is 336 g/mol. The molecule has 0 saturated carbocycles. The number of carboxylic acids is 2. The zero-order valence-electron chi connectivity index (χ0n) is 15.1. The van der Waals surface area contributed by atoms with Gasteiger partial charge in [0.1, 0.15) is 0 Å². The highest BCUT2D eigenvalue weighted by molar-refractivity contribution is 5.91. The van der Waals surface area contributed by atoms with Crippen molar-refractivity contribution in [2.45, 2.75) is 12.8 Å². The van der Waals surface area contributed by atoms with Gasteiger partial charge in [-0.15, -0.1) is 0 Å². The molecule has 1 aromatic rings. The van der Waals surface area contributed by atoms with Crippen molar-refractivity contribution in [3.05, 3.63) is 35.4 Å². The molecule has 0 atom stereocenters. The summed E-state index contributed by atoms with van der Waals surface area (Å²) in [5.74, 6) is -2.13. The highest BCUT2D eigenvalue weighted by Gasteiger charge is 2.15. The van der Waals surface area contributed by atoms with E-state index < -0.39 is 11.9 Å². The third-order valence-electron chi connectivity index (χ3n) is 4.20. The van der Waals surface area contributed by atoms with Crippen LogP contribution in [0.2, 0.25) is 0 Å². The molecule has 1 aromatic carbocycles. The molecule has 0 radical (unpaired) electrons. The van der Waals surface area contributed by atoms with Crippen molar-refractivity contribution in [2.24, 2.45) is 11.5 Å². The fourth-order valence-electron chi connectivity index (χ4n) is 2.62. The molecule has 8 heteroatoms. The first-order valence-electron chi connectivity index (χ1n) is 8.89. The summed E-state index contributed by atoms with van der Waals surface area (Å²) in [5, 5.41) is 16.9. The summed E-state index contributed by atoms with van der Waals surface area (Å²) >= 11 is 0. The Hall–Kier alpha value is -2.00. The molecule has 1 aliphatic rings. The molecule has 1 aliphatic heterocycles. The molecule has 0 bridgehead atoms. The van der Waals surface area contributed by atoms with E-state index in [4.69, 9.17) is 21.7 Å². The lowest BCUT2D eigenvalue weighted by Gasteiger charge is -2.34. The van der Waals surface area contributed by atoms with Crippen molar-refractivity contribution in [3.8, 4) is 0 Å². The van der Waals surface area contributed by atoms with Crippen LogP contribution in [0.4, 0.5) is 0 Å². The second kappa shape index (κ2) is 12.4. The van der Waals surface area contributed by atoms with Gasteiger partial charge in [0.15, 0.2) is 0 Å². The van der Waals surface area contributed by atoms with Gasteiger partial charge in [-0.2, -0.15) is 0 Å². The van der Waals surface area contributed by atoms with Crippen LogP contribution in [0.25, 0.3) is 0 Å². The summed E-state index contributed by atoms with van der Waals surface area (Å²) in [5.41, 5.74) is 11.1. The van der Waals surface area contributed by atoms with Gasteiger partial charge >= 0.3 is 11.9 Å². The Balaban J connectivity index is 0.000000263. The molecular formula is C18H30N4O4. The number of carboxylic acid groups (broad SMARTS) is 2. The highest BCUT2D eigenvalue weighted by atomic mass is 16.4. The van der Waals surface area contributed by atoms with Gasteiger partial charge < -0.3 is 31.5 Å². The lowest BCUT2D eigenvalue weighted by atomic mass is 10.1. The van der Waals surface area contributed by atoms with Gasteiger partial charge in [0.25, 0.3) is 0 Å². The van der Waals surface area contributed by atoms with Gasteiger partial charge in [0.2, 0.25) is 0 Å². The number of hydrogen-bond acceptors (Lipinski definition) is 6. The maximum atomic E-state index is 10.3. The summed E-state index contributed by atoms with van der Waals surface area (Å²) in [6.07, 6.45) is 2.26. The van der Waals surface area contributed by atoms with Crippen molar-refractivity contribution >= 4 is 11.9 Å². The van der Waals surface area contributed by atoms with E-state index in [9.17, 15) is 9.59 Å². The Morgan fingerprint density at radius 1 is 0.769 bits per heavy atom. The second-order valence-corrected chi connectivity index (χ2v) is 6.16. The maximum Gasteiger partial charge on any atom is 0.335 e. The fourth-order valence-corrected chi connectivity index (χ4v) is 2.62. The van der Waals surface area contributed by atoms with E-state index in [2.05, 4.69) is 9.80 Å². The minimum absolute atomic E-state index is 0.0833. The zero-order chi connectivity index (χ0) is 19.4. The van der Waals surface area contributed by atoms with E-state index in [1.54, 1.807) is 0 Å². The minimum atomic E-state index is -1.06. The van der Waals surface area contributed by atoms with Crippen molar-refractivity contribution < 1.29 is 19.8 Å². The van der Waals surface area contributed by atoms with Crippen LogP contribution in [-0.2, 0) is 0 Å². The Kier molecular flexibility index (Phi) is 10.5. The van der Waals surface area contributed by atoms with Crippen LogP contribution in [0.15, 0.2) is 24.3 Å². The molecule has 0 aliphatic carbocycles. The van der Waals surface area contributed by atoms with Gasteiger partial charge in [-0.1, -0.05) is 0 Å². The lowest BCUT2D eigenvalue weighted by Crippen LogP contribution is -2.47. The zero-order valence-corrected chi connectivity index (χ0v) is 15.1.